The second-order valence-corrected chi connectivity index (χ2v) is 2.33. The SMILES string of the molecule is CCC(CO)(CO)CO.CO. The van der Waals surface area contributed by atoms with Crippen molar-refractivity contribution in [2.75, 3.05) is 26.9 Å². The van der Waals surface area contributed by atoms with Crippen LogP contribution in [-0.4, -0.2) is 47.4 Å². The van der Waals surface area contributed by atoms with E-state index in [1.54, 1.807) is 0 Å². The molecule has 4 heteroatoms. The van der Waals surface area contributed by atoms with Crippen molar-refractivity contribution in [3.63, 3.8) is 0 Å². The molecule has 70 valence electrons. The molecule has 0 bridgehead atoms. The van der Waals surface area contributed by atoms with Crippen molar-refractivity contribution in [2.45, 2.75) is 13.3 Å². The first kappa shape index (κ1) is 13.4. The van der Waals surface area contributed by atoms with Gasteiger partial charge < -0.3 is 20.4 Å². The lowest BCUT2D eigenvalue weighted by Crippen LogP contribution is -2.32. The fraction of sp³-hybridized carbons (Fsp3) is 1.00. The smallest absolute Gasteiger partial charge is 0.0531 e. The van der Waals surface area contributed by atoms with Crippen LogP contribution in [0.15, 0.2) is 0 Å². The Bertz CT molecular complexity index is 53.3. The molecule has 0 aromatic heterocycles. The topological polar surface area (TPSA) is 80.9 Å². The predicted octanol–water partition coefficient (Wildman–Crippen LogP) is -1.03. The summed E-state index contributed by atoms with van der Waals surface area (Å²) >= 11 is 0. The Kier molecular flexibility index (Phi) is 9.70. The molecule has 0 saturated carbocycles. The Morgan fingerprint density at radius 1 is 0.909 bits per heavy atom. The van der Waals surface area contributed by atoms with E-state index in [-0.39, 0.29) is 19.8 Å². The zero-order valence-corrected chi connectivity index (χ0v) is 7.12. The highest BCUT2D eigenvalue weighted by molar-refractivity contribution is 4.74. The normalized spacial score (nSPS) is 10.4. The van der Waals surface area contributed by atoms with Gasteiger partial charge in [0.1, 0.15) is 0 Å². The highest BCUT2D eigenvalue weighted by Gasteiger charge is 2.24. The third kappa shape index (κ3) is 4.31. The summed E-state index contributed by atoms with van der Waals surface area (Å²) in [5, 5.41) is 33.0. The zero-order valence-electron chi connectivity index (χ0n) is 7.12. The number of aliphatic hydroxyl groups excluding tert-OH is 4. The molecule has 0 aromatic carbocycles. The van der Waals surface area contributed by atoms with Crippen molar-refractivity contribution in [3.05, 3.63) is 0 Å². The molecule has 0 amide bonds. The largest absolute Gasteiger partial charge is 0.400 e. The summed E-state index contributed by atoms with van der Waals surface area (Å²) in [6, 6.07) is 0. The van der Waals surface area contributed by atoms with Crippen LogP contribution in [0.25, 0.3) is 0 Å². The Morgan fingerprint density at radius 3 is 1.18 bits per heavy atom. The van der Waals surface area contributed by atoms with Gasteiger partial charge in [0.05, 0.1) is 19.8 Å². The van der Waals surface area contributed by atoms with E-state index in [0.29, 0.717) is 6.42 Å². The van der Waals surface area contributed by atoms with Gasteiger partial charge in [0, 0.05) is 12.5 Å². The van der Waals surface area contributed by atoms with Crippen molar-refractivity contribution in [1.82, 2.24) is 0 Å². The van der Waals surface area contributed by atoms with Gasteiger partial charge in [-0.3, -0.25) is 0 Å². The summed E-state index contributed by atoms with van der Waals surface area (Å²) in [5.74, 6) is 0. The Balaban J connectivity index is 0. The summed E-state index contributed by atoms with van der Waals surface area (Å²) in [4.78, 5) is 0. The Hall–Kier alpha value is -0.160. The molecule has 0 heterocycles. The molecular formula is C7H18O4. The van der Waals surface area contributed by atoms with Crippen molar-refractivity contribution in [3.8, 4) is 0 Å². The van der Waals surface area contributed by atoms with Gasteiger partial charge in [0.2, 0.25) is 0 Å². The molecule has 0 saturated heterocycles. The minimum atomic E-state index is -0.667. The van der Waals surface area contributed by atoms with Gasteiger partial charge in [0.15, 0.2) is 0 Å². The van der Waals surface area contributed by atoms with Crippen LogP contribution in [0.1, 0.15) is 13.3 Å². The molecule has 0 atom stereocenters. The summed E-state index contributed by atoms with van der Waals surface area (Å²) in [5.41, 5.74) is -0.667. The van der Waals surface area contributed by atoms with E-state index in [4.69, 9.17) is 20.4 Å². The molecule has 0 aliphatic rings. The maximum Gasteiger partial charge on any atom is 0.0531 e. The van der Waals surface area contributed by atoms with Gasteiger partial charge in [-0.25, -0.2) is 0 Å². The fourth-order valence-corrected chi connectivity index (χ4v) is 0.485. The maximum absolute atomic E-state index is 8.66. The summed E-state index contributed by atoms with van der Waals surface area (Å²) in [7, 11) is 1.00. The summed E-state index contributed by atoms with van der Waals surface area (Å²) in [6.07, 6.45) is 0.594. The molecule has 0 aromatic rings. The van der Waals surface area contributed by atoms with E-state index in [0.717, 1.165) is 7.11 Å². The number of aliphatic hydroxyl groups is 4. The molecule has 0 fully saturated rings. The molecule has 0 unspecified atom stereocenters. The average Bonchev–Trinajstić information content (AvgIpc) is 2.13. The standard InChI is InChI=1S/C6H14O3.CH4O/c1-2-6(3-7,4-8)5-9;1-2/h7-9H,2-5H2,1H3;2H,1H3. The molecular weight excluding hydrogens is 148 g/mol. The highest BCUT2D eigenvalue weighted by Crippen LogP contribution is 2.18. The van der Waals surface area contributed by atoms with E-state index < -0.39 is 5.41 Å². The number of hydrogen-bond donors (Lipinski definition) is 4. The van der Waals surface area contributed by atoms with Crippen molar-refractivity contribution >= 4 is 0 Å². The first-order chi connectivity index (χ1) is 5.24. The predicted molar refractivity (Wildman–Crippen MR) is 42.1 cm³/mol. The van der Waals surface area contributed by atoms with E-state index in [1.807, 2.05) is 6.92 Å². The average molecular weight is 166 g/mol. The van der Waals surface area contributed by atoms with Crippen LogP contribution in [0.5, 0.6) is 0 Å². The molecule has 0 aliphatic carbocycles. The van der Waals surface area contributed by atoms with Crippen LogP contribution < -0.4 is 0 Å². The Morgan fingerprint density at radius 2 is 1.18 bits per heavy atom. The van der Waals surface area contributed by atoms with Gasteiger partial charge in [-0.05, 0) is 6.42 Å². The maximum atomic E-state index is 8.66. The van der Waals surface area contributed by atoms with E-state index in [2.05, 4.69) is 0 Å². The van der Waals surface area contributed by atoms with Gasteiger partial charge in [-0.15, -0.1) is 0 Å². The molecule has 0 radical (unpaired) electrons. The second-order valence-electron chi connectivity index (χ2n) is 2.33. The van der Waals surface area contributed by atoms with E-state index in [1.165, 1.54) is 0 Å². The quantitative estimate of drug-likeness (QED) is 0.430. The Labute approximate surface area is 67.1 Å². The first-order valence-corrected chi connectivity index (χ1v) is 3.52. The number of hydrogen-bond acceptors (Lipinski definition) is 4. The minimum absolute atomic E-state index is 0.156. The highest BCUT2D eigenvalue weighted by atomic mass is 16.3. The van der Waals surface area contributed by atoms with Crippen LogP contribution >= 0.6 is 0 Å². The van der Waals surface area contributed by atoms with Crippen LogP contribution in [0, 0.1) is 5.41 Å². The molecule has 4 N–H and O–H groups in total. The molecule has 0 spiro atoms. The molecule has 4 nitrogen and oxygen atoms in total. The van der Waals surface area contributed by atoms with Crippen LogP contribution in [0.2, 0.25) is 0 Å². The second kappa shape index (κ2) is 7.94. The molecule has 11 heavy (non-hydrogen) atoms. The lowest BCUT2D eigenvalue weighted by molar-refractivity contribution is 0.00304. The van der Waals surface area contributed by atoms with E-state index in [9.17, 15) is 0 Å². The fourth-order valence-electron chi connectivity index (χ4n) is 0.485. The third-order valence-electron chi connectivity index (χ3n) is 1.76. The van der Waals surface area contributed by atoms with Crippen molar-refractivity contribution < 1.29 is 20.4 Å². The first-order valence-electron chi connectivity index (χ1n) is 3.52. The van der Waals surface area contributed by atoms with Crippen molar-refractivity contribution in [1.29, 1.82) is 0 Å². The number of rotatable bonds is 4. The summed E-state index contributed by atoms with van der Waals surface area (Å²) in [6.45, 7) is 1.35. The van der Waals surface area contributed by atoms with Crippen LogP contribution in [0.3, 0.4) is 0 Å². The lowest BCUT2D eigenvalue weighted by atomic mass is 9.88. The monoisotopic (exact) mass is 166 g/mol. The van der Waals surface area contributed by atoms with Crippen molar-refractivity contribution in [2.24, 2.45) is 5.41 Å². The van der Waals surface area contributed by atoms with Crippen LogP contribution in [-0.2, 0) is 0 Å². The van der Waals surface area contributed by atoms with Gasteiger partial charge >= 0.3 is 0 Å². The van der Waals surface area contributed by atoms with E-state index >= 15 is 0 Å². The molecule has 0 rings (SSSR count). The van der Waals surface area contributed by atoms with Gasteiger partial charge in [-0.2, -0.15) is 0 Å². The lowest BCUT2D eigenvalue weighted by Gasteiger charge is -2.24. The van der Waals surface area contributed by atoms with Gasteiger partial charge in [-0.1, -0.05) is 6.92 Å². The molecule has 0 aliphatic heterocycles. The summed E-state index contributed by atoms with van der Waals surface area (Å²) < 4.78 is 0. The van der Waals surface area contributed by atoms with Gasteiger partial charge in [0.25, 0.3) is 0 Å². The van der Waals surface area contributed by atoms with Crippen LogP contribution in [0.4, 0.5) is 0 Å². The zero-order chi connectivity index (χ0) is 9.33. The minimum Gasteiger partial charge on any atom is -0.400 e. The third-order valence-corrected chi connectivity index (χ3v) is 1.76.